The highest BCUT2D eigenvalue weighted by Gasteiger charge is 2.35. The van der Waals surface area contributed by atoms with Gasteiger partial charge in [-0.3, -0.25) is 9.59 Å². The minimum Gasteiger partial charge on any atom is -0.325 e. The minimum atomic E-state index is -0.559. The van der Waals surface area contributed by atoms with Gasteiger partial charge in [-0.2, -0.15) is 0 Å². The number of aryl methyl sites for hydroxylation is 1. The molecule has 0 spiro atoms. The first-order valence-electron chi connectivity index (χ1n) is 7.92. The second kappa shape index (κ2) is 6.43. The number of hydrogen-bond donors (Lipinski definition) is 0. The Labute approximate surface area is 140 Å². The van der Waals surface area contributed by atoms with Gasteiger partial charge in [0.15, 0.2) is 0 Å². The third-order valence-corrected chi connectivity index (χ3v) is 4.43. The smallest absolute Gasteiger partial charge is 0.254 e. The molecule has 1 atom stereocenters. The molecule has 1 fully saturated rings. The fourth-order valence-corrected chi connectivity index (χ4v) is 2.99. The fraction of sp³-hybridized carbons (Fsp3) is 0.263. The van der Waals surface area contributed by atoms with Gasteiger partial charge >= 0.3 is 0 Å². The average molecular weight is 326 g/mol. The number of carbonyl (C=O) groups excluding carboxylic acids is 2. The molecule has 1 aliphatic rings. The number of amides is 2. The van der Waals surface area contributed by atoms with E-state index in [-0.39, 0.29) is 17.6 Å². The summed E-state index contributed by atoms with van der Waals surface area (Å²) in [6, 6.07) is 12.6. The summed E-state index contributed by atoms with van der Waals surface area (Å²) in [7, 11) is 0. The van der Waals surface area contributed by atoms with Crippen LogP contribution in [0.15, 0.2) is 48.5 Å². The normalized spacial score (nSPS) is 18.0. The first kappa shape index (κ1) is 16.2. The van der Waals surface area contributed by atoms with E-state index in [0.29, 0.717) is 24.3 Å². The fourth-order valence-electron chi connectivity index (χ4n) is 2.99. The maximum atomic E-state index is 13.1. The van der Waals surface area contributed by atoms with Gasteiger partial charge in [-0.25, -0.2) is 4.39 Å². The highest BCUT2D eigenvalue weighted by atomic mass is 19.1. The third kappa shape index (κ3) is 2.89. The van der Waals surface area contributed by atoms with E-state index >= 15 is 0 Å². The number of piperazine rings is 1. The van der Waals surface area contributed by atoms with Crippen molar-refractivity contribution in [1.29, 1.82) is 0 Å². The van der Waals surface area contributed by atoms with Crippen molar-refractivity contribution in [2.75, 3.05) is 18.0 Å². The van der Waals surface area contributed by atoms with E-state index in [0.717, 1.165) is 5.56 Å². The number of halogens is 1. The highest BCUT2D eigenvalue weighted by molar-refractivity contribution is 6.03. The molecule has 124 valence electrons. The summed E-state index contributed by atoms with van der Waals surface area (Å²) in [6.07, 6.45) is 0. The van der Waals surface area contributed by atoms with Crippen LogP contribution in [0.3, 0.4) is 0 Å². The Morgan fingerprint density at radius 2 is 1.75 bits per heavy atom. The Morgan fingerprint density at radius 1 is 1.08 bits per heavy atom. The van der Waals surface area contributed by atoms with Gasteiger partial charge in [0.05, 0.1) is 0 Å². The zero-order chi connectivity index (χ0) is 17.3. The maximum Gasteiger partial charge on any atom is 0.254 e. The van der Waals surface area contributed by atoms with Crippen molar-refractivity contribution >= 4 is 17.5 Å². The Morgan fingerprint density at radius 3 is 2.42 bits per heavy atom. The molecule has 4 nitrogen and oxygen atoms in total. The molecule has 0 unspecified atom stereocenters. The van der Waals surface area contributed by atoms with Gasteiger partial charge in [0.25, 0.3) is 5.91 Å². The SMILES string of the molecule is Cc1ccccc1C(=O)N1CCN(c2ccc(F)cc2)C(=O)[C@H]1C. The van der Waals surface area contributed by atoms with E-state index in [2.05, 4.69) is 0 Å². The van der Waals surface area contributed by atoms with Crippen LogP contribution >= 0.6 is 0 Å². The second-order valence-corrected chi connectivity index (χ2v) is 5.96. The van der Waals surface area contributed by atoms with Crippen molar-refractivity contribution in [3.63, 3.8) is 0 Å². The quantitative estimate of drug-likeness (QED) is 0.851. The van der Waals surface area contributed by atoms with E-state index in [9.17, 15) is 14.0 Å². The van der Waals surface area contributed by atoms with E-state index in [1.165, 1.54) is 12.1 Å². The average Bonchev–Trinajstić information content (AvgIpc) is 2.58. The Kier molecular flexibility index (Phi) is 4.34. The van der Waals surface area contributed by atoms with Gasteiger partial charge in [0.1, 0.15) is 11.9 Å². The van der Waals surface area contributed by atoms with Crippen molar-refractivity contribution in [3.05, 3.63) is 65.5 Å². The van der Waals surface area contributed by atoms with Crippen molar-refractivity contribution in [3.8, 4) is 0 Å². The maximum absolute atomic E-state index is 13.1. The van der Waals surface area contributed by atoms with Crippen LogP contribution in [-0.2, 0) is 4.79 Å². The van der Waals surface area contributed by atoms with Gasteiger partial charge in [-0.1, -0.05) is 18.2 Å². The number of hydrogen-bond acceptors (Lipinski definition) is 2. The lowest BCUT2D eigenvalue weighted by Crippen LogP contribution is -2.57. The molecule has 0 radical (unpaired) electrons. The van der Waals surface area contributed by atoms with Crippen LogP contribution in [-0.4, -0.2) is 35.8 Å². The molecule has 0 saturated carbocycles. The molecule has 5 heteroatoms. The van der Waals surface area contributed by atoms with Gasteiger partial charge < -0.3 is 9.80 Å². The zero-order valence-electron chi connectivity index (χ0n) is 13.7. The molecule has 0 aliphatic carbocycles. The predicted molar refractivity (Wildman–Crippen MR) is 90.4 cm³/mol. The summed E-state index contributed by atoms with van der Waals surface area (Å²) in [5.74, 6) is -0.630. The predicted octanol–water partition coefficient (Wildman–Crippen LogP) is 3.01. The number of benzene rings is 2. The van der Waals surface area contributed by atoms with Gasteiger partial charge in [-0.15, -0.1) is 0 Å². The Balaban J connectivity index is 1.81. The second-order valence-electron chi connectivity index (χ2n) is 5.96. The van der Waals surface area contributed by atoms with Crippen LogP contribution in [0, 0.1) is 12.7 Å². The molecule has 1 heterocycles. The Bertz CT molecular complexity index is 773. The molecule has 24 heavy (non-hydrogen) atoms. The summed E-state index contributed by atoms with van der Waals surface area (Å²) >= 11 is 0. The minimum absolute atomic E-state index is 0.132. The standard InChI is InChI=1S/C19H19FN2O2/c1-13-5-3-4-6-17(13)19(24)21-11-12-22(18(23)14(21)2)16-9-7-15(20)8-10-16/h3-10,14H,11-12H2,1-2H3/t14-/m1/s1. The van der Waals surface area contributed by atoms with Crippen molar-refractivity contribution < 1.29 is 14.0 Å². The van der Waals surface area contributed by atoms with E-state index in [1.807, 2.05) is 25.1 Å². The van der Waals surface area contributed by atoms with Crippen LogP contribution in [0.1, 0.15) is 22.8 Å². The van der Waals surface area contributed by atoms with Gasteiger partial charge in [0, 0.05) is 24.3 Å². The van der Waals surface area contributed by atoms with Crippen molar-refractivity contribution in [2.24, 2.45) is 0 Å². The van der Waals surface area contributed by atoms with E-state index in [4.69, 9.17) is 0 Å². The molecule has 0 N–H and O–H groups in total. The molecule has 0 bridgehead atoms. The number of carbonyl (C=O) groups is 2. The largest absolute Gasteiger partial charge is 0.325 e. The van der Waals surface area contributed by atoms with Crippen LogP contribution in [0.4, 0.5) is 10.1 Å². The lowest BCUT2D eigenvalue weighted by atomic mass is 10.0. The molecule has 2 aromatic rings. The van der Waals surface area contributed by atoms with Crippen molar-refractivity contribution in [1.82, 2.24) is 4.90 Å². The van der Waals surface area contributed by atoms with Crippen molar-refractivity contribution in [2.45, 2.75) is 19.9 Å². The number of rotatable bonds is 2. The van der Waals surface area contributed by atoms with E-state index < -0.39 is 6.04 Å². The summed E-state index contributed by atoms with van der Waals surface area (Å²) in [5, 5.41) is 0. The number of anilines is 1. The molecule has 1 aliphatic heterocycles. The molecule has 2 amide bonds. The van der Waals surface area contributed by atoms with Crippen LogP contribution in [0.5, 0.6) is 0 Å². The Hall–Kier alpha value is -2.69. The highest BCUT2D eigenvalue weighted by Crippen LogP contribution is 2.22. The topological polar surface area (TPSA) is 40.6 Å². The molecule has 1 saturated heterocycles. The lowest BCUT2D eigenvalue weighted by molar-refractivity contribution is -0.124. The first-order valence-corrected chi connectivity index (χ1v) is 7.92. The summed E-state index contributed by atoms with van der Waals surface area (Å²) in [6.45, 7) is 4.45. The lowest BCUT2D eigenvalue weighted by Gasteiger charge is -2.39. The summed E-state index contributed by atoms with van der Waals surface area (Å²) < 4.78 is 13.1. The van der Waals surface area contributed by atoms with Gasteiger partial charge in [0.2, 0.25) is 5.91 Å². The van der Waals surface area contributed by atoms with E-state index in [1.54, 1.807) is 34.9 Å². The summed E-state index contributed by atoms with van der Waals surface area (Å²) in [4.78, 5) is 28.7. The molecule has 2 aromatic carbocycles. The summed E-state index contributed by atoms with van der Waals surface area (Å²) in [5.41, 5.74) is 2.16. The molecule has 0 aromatic heterocycles. The molecular formula is C19H19FN2O2. The first-order chi connectivity index (χ1) is 11.5. The van der Waals surface area contributed by atoms with Crippen LogP contribution < -0.4 is 4.90 Å². The van der Waals surface area contributed by atoms with Crippen LogP contribution in [0.25, 0.3) is 0 Å². The van der Waals surface area contributed by atoms with Crippen LogP contribution in [0.2, 0.25) is 0 Å². The molecular weight excluding hydrogens is 307 g/mol. The van der Waals surface area contributed by atoms with Gasteiger partial charge in [-0.05, 0) is 49.7 Å². The third-order valence-electron chi connectivity index (χ3n) is 4.43. The zero-order valence-corrected chi connectivity index (χ0v) is 13.7. The number of nitrogens with zero attached hydrogens (tertiary/aromatic N) is 2. The monoisotopic (exact) mass is 326 g/mol. The molecule has 3 rings (SSSR count).